The van der Waals surface area contributed by atoms with Crippen molar-refractivity contribution in [2.75, 3.05) is 6.54 Å². The first-order valence-corrected chi connectivity index (χ1v) is 5.67. The van der Waals surface area contributed by atoms with Crippen molar-refractivity contribution in [3.63, 3.8) is 0 Å². The number of hydrogen-bond donors (Lipinski definition) is 1. The van der Waals surface area contributed by atoms with E-state index in [-0.39, 0.29) is 0 Å². The van der Waals surface area contributed by atoms with Crippen molar-refractivity contribution >= 4 is 22.9 Å². The van der Waals surface area contributed by atoms with E-state index in [9.17, 15) is 8.78 Å². The summed E-state index contributed by atoms with van der Waals surface area (Å²) in [6.07, 6.45) is -1.59. The second-order valence-corrected chi connectivity index (χ2v) is 4.25. The first kappa shape index (κ1) is 11.9. The summed E-state index contributed by atoms with van der Waals surface area (Å²) in [6, 6.07) is 0.715. The van der Waals surface area contributed by atoms with Gasteiger partial charge in [0.15, 0.2) is 0 Å². The molecule has 0 aliphatic rings. The van der Waals surface area contributed by atoms with Crippen molar-refractivity contribution in [1.82, 2.24) is 5.32 Å². The summed E-state index contributed by atoms with van der Waals surface area (Å²) in [7, 11) is 0. The van der Waals surface area contributed by atoms with Crippen LogP contribution in [0.15, 0.2) is 11.4 Å². The van der Waals surface area contributed by atoms with Gasteiger partial charge < -0.3 is 5.32 Å². The van der Waals surface area contributed by atoms with Crippen molar-refractivity contribution in [3.05, 3.63) is 21.3 Å². The van der Waals surface area contributed by atoms with Crippen molar-refractivity contribution in [2.24, 2.45) is 0 Å². The van der Waals surface area contributed by atoms with Gasteiger partial charge in [-0.15, -0.1) is 11.3 Å². The van der Waals surface area contributed by atoms with E-state index in [1.165, 1.54) is 11.3 Å². The van der Waals surface area contributed by atoms with E-state index >= 15 is 0 Å². The van der Waals surface area contributed by atoms with Gasteiger partial charge in [-0.2, -0.15) is 0 Å². The summed E-state index contributed by atoms with van der Waals surface area (Å²) < 4.78 is 25.3. The number of alkyl halides is 2. The molecule has 0 aliphatic heterocycles. The van der Waals surface area contributed by atoms with E-state index in [4.69, 9.17) is 11.6 Å². The molecule has 0 amide bonds. The fourth-order valence-electron chi connectivity index (χ4n) is 1.12. The Balaban J connectivity index is 2.73. The maximum Gasteiger partial charge on any atom is 0.258 e. The number of thiophene rings is 1. The Bertz CT molecular complexity index is 278. The van der Waals surface area contributed by atoms with Crippen LogP contribution in [0.2, 0.25) is 5.02 Å². The fraction of sp³-hybridized carbons (Fsp3) is 0.556. The van der Waals surface area contributed by atoms with E-state index in [0.29, 0.717) is 16.4 Å². The Morgan fingerprint density at radius 2 is 2.29 bits per heavy atom. The number of halogens is 3. The highest BCUT2D eigenvalue weighted by molar-refractivity contribution is 7.10. The molecule has 0 aliphatic carbocycles. The largest absolute Gasteiger partial charge is 0.305 e. The van der Waals surface area contributed by atoms with Gasteiger partial charge in [0.2, 0.25) is 0 Å². The first-order valence-electron chi connectivity index (χ1n) is 4.41. The summed E-state index contributed by atoms with van der Waals surface area (Å²) in [6.45, 7) is 2.51. The quantitative estimate of drug-likeness (QED) is 0.826. The van der Waals surface area contributed by atoms with Crippen LogP contribution in [-0.4, -0.2) is 13.0 Å². The zero-order valence-corrected chi connectivity index (χ0v) is 9.34. The molecular formula is C9H12ClF2NS. The highest BCUT2D eigenvalue weighted by atomic mass is 35.5. The van der Waals surface area contributed by atoms with Crippen LogP contribution in [-0.2, 0) is 0 Å². The molecule has 14 heavy (non-hydrogen) atoms. The van der Waals surface area contributed by atoms with Gasteiger partial charge in [0, 0.05) is 4.88 Å². The van der Waals surface area contributed by atoms with Gasteiger partial charge >= 0.3 is 0 Å². The lowest BCUT2D eigenvalue weighted by Crippen LogP contribution is -2.27. The van der Waals surface area contributed by atoms with Crippen LogP contribution in [0.25, 0.3) is 0 Å². The van der Waals surface area contributed by atoms with Crippen LogP contribution >= 0.6 is 22.9 Å². The molecule has 1 heterocycles. The zero-order chi connectivity index (χ0) is 10.6. The van der Waals surface area contributed by atoms with E-state index in [1.54, 1.807) is 11.4 Å². The molecule has 0 aromatic carbocycles. The lowest BCUT2D eigenvalue weighted by atomic mass is 10.2. The second kappa shape index (κ2) is 5.63. The Hall–Kier alpha value is -0.190. The van der Waals surface area contributed by atoms with Crippen LogP contribution in [0.5, 0.6) is 0 Å². The minimum Gasteiger partial charge on any atom is -0.305 e. The van der Waals surface area contributed by atoms with E-state index < -0.39 is 12.5 Å². The molecule has 1 unspecified atom stereocenters. The van der Waals surface area contributed by atoms with Crippen molar-refractivity contribution in [2.45, 2.75) is 25.8 Å². The minimum absolute atomic E-state index is 0.420. The van der Waals surface area contributed by atoms with Crippen molar-refractivity contribution in [1.29, 1.82) is 0 Å². The third-order valence-electron chi connectivity index (χ3n) is 1.79. The van der Waals surface area contributed by atoms with Gasteiger partial charge in [0.05, 0.1) is 5.02 Å². The molecule has 0 radical (unpaired) electrons. The summed E-state index contributed by atoms with van der Waals surface area (Å²) in [5, 5.41) is 4.93. The van der Waals surface area contributed by atoms with Gasteiger partial charge in [-0.3, -0.25) is 0 Å². The Labute approximate surface area is 91.1 Å². The SMILES string of the molecule is CCCNC(c1sccc1Cl)C(F)F. The Morgan fingerprint density at radius 3 is 2.71 bits per heavy atom. The van der Waals surface area contributed by atoms with E-state index in [0.717, 1.165) is 6.42 Å². The molecule has 0 spiro atoms. The average Bonchev–Trinajstić information content (AvgIpc) is 2.52. The molecule has 0 saturated carbocycles. The van der Waals surface area contributed by atoms with Crippen molar-refractivity contribution in [3.8, 4) is 0 Å². The molecule has 1 aromatic heterocycles. The number of hydrogen-bond acceptors (Lipinski definition) is 2. The van der Waals surface area contributed by atoms with Gasteiger partial charge in [0.1, 0.15) is 6.04 Å². The fourth-order valence-corrected chi connectivity index (χ4v) is 2.38. The summed E-state index contributed by atoms with van der Waals surface area (Å²) in [5.74, 6) is 0. The third kappa shape index (κ3) is 2.90. The molecule has 0 fully saturated rings. The average molecular weight is 240 g/mol. The van der Waals surface area contributed by atoms with Gasteiger partial charge in [-0.1, -0.05) is 18.5 Å². The van der Waals surface area contributed by atoms with Gasteiger partial charge in [0.25, 0.3) is 6.43 Å². The molecule has 0 bridgehead atoms. The maximum absolute atomic E-state index is 12.7. The van der Waals surface area contributed by atoms with Crippen LogP contribution in [0.3, 0.4) is 0 Å². The molecule has 1 nitrogen and oxygen atoms in total. The minimum atomic E-state index is -2.42. The number of rotatable bonds is 5. The predicted octanol–water partition coefficient (Wildman–Crippen LogP) is 3.71. The van der Waals surface area contributed by atoms with E-state index in [2.05, 4.69) is 5.32 Å². The Morgan fingerprint density at radius 1 is 1.57 bits per heavy atom. The Kier molecular flexibility index (Phi) is 4.78. The highest BCUT2D eigenvalue weighted by Gasteiger charge is 2.24. The smallest absolute Gasteiger partial charge is 0.258 e. The third-order valence-corrected chi connectivity index (χ3v) is 3.24. The topological polar surface area (TPSA) is 12.0 Å². The van der Waals surface area contributed by atoms with Crippen LogP contribution < -0.4 is 5.32 Å². The molecule has 0 saturated heterocycles. The molecule has 1 atom stereocenters. The van der Waals surface area contributed by atoms with Gasteiger partial charge in [-0.05, 0) is 24.4 Å². The van der Waals surface area contributed by atoms with Crippen LogP contribution in [0.1, 0.15) is 24.3 Å². The van der Waals surface area contributed by atoms with Gasteiger partial charge in [-0.25, -0.2) is 8.78 Å². The molecule has 1 rings (SSSR count). The normalized spacial score (nSPS) is 13.5. The lowest BCUT2D eigenvalue weighted by molar-refractivity contribution is 0.100. The molecule has 1 N–H and O–H groups in total. The predicted molar refractivity (Wildman–Crippen MR) is 56.4 cm³/mol. The molecule has 80 valence electrons. The molecule has 5 heteroatoms. The summed E-state index contributed by atoms with van der Waals surface area (Å²) in [4.78, 5) is 0.523. The standard InChI is InChI=1S/C9H12ClF2NS/c1-2-4-13-7(9(11)12)8-6(10)3-5-14-8/h3,5,7,9,13H,2,4H2,1H3. The lowest BCUT2D eigenvalue weighted by Gasteiger charge is -2.16. The zero-order valence-electron chi connectivity index (χ0n) is 7.77. The van der Waals surface area contributed by atoms with E-state index in [1.807, 2.05) is 6.92 Å². The van der Waals surface area contributed by atoms with Crippen molar-refractivity contribution < 1.29 is 8.78 Å². The second-order valence-electron chi connectivity index (χ2n) is 2.90. The molecule has 1 aromatic rings. The monoisotopic (exact) mass is 239 g/mol. The maximum atomic E-state index is 12.7. The highest BCUT2D eigenvalue weighted by Crippen LogP contribution is 2.32. The summed E-state index contributed by atoms with van der Waals surface area (Å²) in [5.41, 5.74) is 0. The molecular weight excluding hydrogens is 228 g/mol. The number of nitrogens with one attached hydrogen (secondary N) is 1. The van der Waals surface area contributed by atoms with Crippen LogP contribution in [0.4, 0.5) is 8.78 Å². The first-order chi connectivity index (χ1) is 6.66. The summed E-state index contributed by atoms with van der Waals surface area (Å²) >= 11 is 7.06. The van der Waals surface area contributed by atoms with Crippen LogP contribution in [0, 0.1) is 0 Å².